The van der Waals surface area contributed by atoms with Crippen LogP contribution in [0.15, 0.2) is 72.8 Å². The van der Waals surface area contributed by atoms with Crippen LogP contribution in [0.2, 0.25) is 0 Å². The van der Waals surface area contributed by atoms with Gasteiger partial charge in [-0.15, -0.1) is 0 Å². The highest BCUT2D eigenvalue weighted by atomic mass is 16.5. The summed E-state index contributed by atoms with van der Waals surface area (Å²) in [6, 6.07) is 23.6. The van der Waals surface area contributed by atoms with Gasteiger partial charge in [0.25, 0.3) is 0 Å². The molecular weight excluding hydrogens is 276 g/mol. The number of rotatable bonds is 3. The Morgan fingerprint density at radius 1 is 0.909 bits per heavy atom. The first-order valence-corrected chi connectivity index (χ1v) is 7.00. The third-order valence-electron chi connectivity index (χ3n) is 3.02. The molecule has 0 unspecified atom stereocenters. The highest BCUT2D eigenvalue weighted by molar-refractivity contribution is 5.83. The smallest absolute Gasteiger partial charge is 0.341 e. The van der Waals surface area contributed by atoms with Crippen LogP contribution in [0.4, 0.5) is 0 Å². The zero-order valence-electron chi connectivity index (χ0n) is 12.4. The predicted molar refractivity (Wildman–Crippen MR) is 88.3 cm³/mol. The van der Waals surface area contributed by atoms with E-state index in [-0.39, 0.29) is 6.61 Å². The first-order valence-electron chi connectivity index (χ1n) is 7.00. The Kier molecular flexibility index (Phi) is 5.55. The third-order valence-corrected chi connectivity index (χ3v) is 3.02. The van der Waals surface area contributed by atoms with Gasteiger partial charge in [0.2, 0.25) is 0 Å². The van der Waals surface area contributed by atoms with Crippen LogP contribution in [0, 0.1) is 6.92 Å². The maximum absolute atomic E-state index is 10.3. The lowest BCUT2D eigenvalue weighted by Gasteiger charge is -2.04. The number of ether oxygens (including phenoxy) is 1. The Balaban J connectivity index is 0.000000211. The molecule has 3 rings (SSSR count). The van der Waals surface area contributed by atoms with E-state index in [0.717, 1.165) is 10.8 Å². The first-order chi connectivity index (χ1) is 10.6. The van der Waals surface area contributed by atoms with Crippen molar-refractivity contribution < 1.29 is 14.6 Å². The van der Waals surface area contributed by atoms with Crippen molar-refractivity contribution in [1.82, 2.24) is 0 Å². The summed E-state index contributed by atoms with van der Waals surface area (Å²) in [7, 11) is 0. The van der Waals surface area contributed by atoms with Crippen molar-refractivity contribution in [3.05, 3.63) is 78.4 Å². The van der Waals surface area contributed by atoms with Crippen LogP contribution < -0.4 is 4.74 Å². The molecule has 0 aromatic heterocycles. The Labute approximate surface area is 129 Å². The molecular formula is C19H18O3. The van der Waals surface area contributed by atoms with Crippen LogP contribution in [0.25, 0.3) is 10.8 Å². The minimum Gasteiger partial charge on any atom is -0.482 e. The number of carboxylic acids is 1. The highest BCUT2D eigenvalue weighted by Crippen LogP contribution is 2.20. The Morgan fingerprint density at radius 3 is 2.14 bits per heavy atom. The third kappa shape index (κ3) is 4.94. The topological polar surface area (TPSA) is 46.5 Å². The van der Waals surface area contributed by atoms with Gasteiger partial charge in [0.15, 0.2) is 6.61 Å². The molecule has 0 heterocycles. The summed E-state index contributed by atoms with van der Waals surface area (Å²) in [6.07, 6.45) is 0. The van der Waals surface area contributed by atoms with Crippen LogP contribution in [-0.2, 0) is 4.79 Å². The van der Waals surface area contributed by atoms with Gasteiger partial charge in [-0.05, 0) is 29.8 Å². The number of aryl methyl sites for hydroxylation is 1. The summed E-state index contributed by atoms with van der Waals surface area (Å²) in [6.45, 7) is 1.78. The van der Waals surface area contributed by atoms with Gasteiger partial charge in [0, 0.05) is 0 Å². The van der Waals surface area contributed by atoms with Crippen molar-refractivity contribution in [2.24, 2.45) is 0 Å². The zero-order chi connectivity index (χ0) is 15.8. The summed E-state index contributed by atoms with van der Waals surface area (Å²) in [4.78, 5) is 10.3. The summed E-state index contributed by atoms with van der Waals surface area (Å²) in [5.74, 6) is -0.390. The first kappa shape index (κ1) is 15.6. The molecule has 0 spiro atoms. The van der Waals surface area contributed by atoms with Gasteiger partial charge < -0.3 is 9.84 Å². The van der Waals surface area contributed by atoms with E-state index in [1.807, 2.05) is 54.6 Å². The summed E-state index contributed by atoms with van der Waals surface area (Å²) >= 11 is 0. The second-order valence-electron chi connectivity index (χ2n) is 4.85. The van der Waals surface area contributed by atoms with Gasteiger partial charge in [0.05, 0.1) is 0 Å². The lowest BCUT2D eigenvalue weighted by Crippen LogP contribution is -2.09. The van der Waals surface area contributed by atoms with Crippen LogP contribution in [-0.4, -0.2) is 17.7 Å². The fourth-order valence-electron chi connectivity index (χ4n) is 1.94. The summed E-state index contributed by atoms with van der Waals surface area (Å²) in [5, 5.41) is 10.6. The van der Waals surface area contributed by atoms with Crippen LogP contribution >= 0.6 is 0 Å². The molecule has 3 nitrogen and oxygen atoms in total. The molecule has 22 heavy (non-hydrogen) atoms. The molecule has 112 valence electrons. The maximum Gasteiger partial charge on any atom is 0.341 e. The largest absolute Gasteiger partial charge is 0.482 e. The molecule has 3 aromatic carbocycles. The molecule has 0 aliphatic heterocycles. The monoisotopic (exact) mass is 294 g/mol. The predicted octanol–water partition coefficient (Wildman–Crippen LogP) is 4.30. The molecule has 0 saturated carbocycles. The van der Waals surface area contributed by atoms with E-state index in [1.54, 1.807) is 6.07 Å². The van der Waals surface area contributed by atoms with Crippen LogP contribution in [0.3, 0.4) is 0 Å². The summed E-state index contributed by atoms with van der Waals surface area (Å²) < 4.78 is 5.08. The number of carbonyl (C=O) groups is 1. The minimum absolute atomic E-state index is 0.307. The lowest BCUT2D eigenvalue weighted by molar-refractivity contribution is -0.139. The number of carboxylic acid groups (broad SMARTS) is 1. The van der Waals surface area contributed by atoms with Gasteiger partial charge in [0.1, 0.15) is 5.75 Å². The summed E-state index contributed by atoms with van der Waals surface area (Å²) in [5.41, 5.74) is 1.32. The van der Waals surface area contributed by atoms with E-state index in [1.165, 1.54) is 5.56 Å². The fourth-order valence-corrected chi connectivity index (χ4v) is 1.94. The van der Waals surface area contributed by atoms with E-state index < -0.39 is 5.97 Å². The van der Waals surface area contributed by atoms with Gasteiger partial charge in [-0.1, -0.05) is 66.2 Å². The Morgan fingerprint density at radius 2 is 1.55 bits per heavy atom. The van der Waals surface area contributed by atoms with E-state index in [9.17, 15) is 4.79 Å². The molecule has 0 radical (unpaired) electrons. The van der Waals surface area contributed by atoms with E-state index >= 15 is 0 Å². The van der Waals surface area contributed by atoms with Crippen molar-refractivity contribution in [1.29, 1.82) is 0 Å². The average molecular weight is 294 g/mol. The molecule has 0 aliphatic rings. The molecule has 0 atom stereocenters. The maximum atomic E-state index is 10.3. The standard InChI is InChI=1S/C12H10O3.C7H8/c13-12(14)8-15-11-6-5-9-3-1-2-4-10(9)7-11;1-7-5-3-2-4-6-7/h1-7H,8H2,(H,13,14);2-6H,1H3. The molecule has 0 aliphatic carbocycles. The van der Waals surface area contributed by atoms with Crippen molar-refractivity contribution in [3.8, 4) is 5.75 Å². The lowest BCUT2D eigenvalue weighted by atomic mass is 10.1. The zero-order valence-corrected chi connectivity index (χ0v) is 12.4. The van der Waals surface area contributed by atoms with Crippen molar-refractivity contribution in [2.45, 2.75) is 6.92 Å². The number of hydrogen-bond acceptors (Lipinski definition) is 2. The van der Waals surface area contributed by atoms with Crippen LogP contribution in [0.1, 0.15) is 5.56 Å². The van der Waals surface area contributed by atoms with Gasteiger partial charge >= 0.3 is 5.97 Å². The van der Waals surface area contributed by atoms with Gasteiger partial charge in [-0.2, -0.15) is 0 Å². The van der Waals surface area contributed by atoms with Crippen LogP contribution in [0.5, 0.6) is 5.75 Å². The molecule has 0 fully saturated rings. The normalized spacial score (nSPS) is 9.68. The average Bonchev–Trinajstić information content (AvgIpc) is 2.54. The van der Waals surface area contributed by atoms with Crippen molar-refractivity contribution in [2.75, 3.05) is 6.61 Å². The van der Waals surface area contributed by atoms with Gasteiger partial charge in [-0.25, -0.2) is 4.79 Å². The molecule has 3 aromatic rings. The fraction of sp³-hybridized carbons (Fsp3) is 0.105. The second kappa shape index (κ2) is 7.84. The number of hydrogen-bond donors (Lipinski definition) is 1. The van der Waals surface area contributed by atoms with Crippen molar-refractivity contribution >= 4 is 16.7 Å². The second-order valence-corrected chi connectivity index (χ2v) is 4.85. The molecule has 1 N–H and O–H groups in total. The van der Waals surface area contributed by atoms with E-state index in [0.29, 0.717) is 5.75 Å². The molecule has 0 bridgehead atoms. The van der Waals surface area contributed by atoms with Gasteiger partial charge in [-0.3, -0.25) is 0 Å². The van der Waals surface area contributed by atoms with E-state index in [2.05, 4.69) is 19.1 Å². The molecule has 0 amide bonds. The number of aliphatic carboxylic acids is 1. The number of fused-ring (bicyclic) bond motifs is 1. The van der Waals surface area contributed by atoms with E-state index in [4.69, 9.17) is 9.84 Å². The highest BCUT2D eigenvalue weighted by Gasteiger charge is 1.99. The Hall–Kier alpha value is -2.81. The van der Waals surface area contributed by atoms with Crippen molar-refractivity contribution in [3.63, 3.8) is 0 Å². The Bertz CT molecular complexity index is 736. The molecule has 0 saturated heterocycles. The SMILES string of the molecule is Cc1ccccc1.O=C(O)COc1ccc2ccccc2c1. The quantitative estimate of drug-likeness (QED) is 0.783. The molecule has 3 heteroatoms. The number of benzene rings is 3. The minimum atomic E-state index is -0.969.